The van der Waals surface area contributed by atoms with Crippen molar-refractivity contribution in [3.05, 3.63) is 22.7 Å². The summed E-state index contributed by atoms with van der Waals surface area (Å²) in [5, 5.41) is 6.61. The molecule has 0 saturated heterocycles. The van der Waals surface area contributed by atoms with Crippen LogP contribution in [0.3, 0.4) is 0 Å². The second-order valence-electron chi connectivity index (χ2n) is 5.17. The normalized spacial score (nSPS) is 27.1. The van der Waals surface area contributed by atoms with Gasteiger partial charge in [0.25, 0.3) is 0 Å². The number of halogens is 1. The third kappa shape index (κ3) is 2.26. The first-order chi connectivity index (χ1) is 8.74. The van der Waals surface area contributed by atoms with E-state index in [4.69, 9.17) is 0 Å². The molecule has 96 valence electrons. The number of hydrogen-bond donors (Lipinski definition) is 2. The van der Waals surface area contributed by atoms with Crippen molar-refractivity contribution in [3.63, 3.8) is 0 Å². The molecule has 2 N–H and O–H groups in total. The van der Waals surface area contributed by atoms with Crippen LogP contribution < -0.4 is 10.6 Å². The van der Waals surface area contributed by atoms with Crippen LogP contribution in [0.25, 0.3) is 0 Å². The van der Waals surface area contributed by atoms with E-state index in [1.807, 2.05) is 18.2 Å². The van der Waals surface area contributed by atoms with Gasteiger partial charge in [-0.15, -0.1) is 0 Å². The van der Waals surface area contributed by atoms with Crippen molar-refractivity contribution < 1.29 is 4.79 Å². The molecule has 1 aromatic carbocycles. The van der Waals surface area contributed by atoms with Crippen LogP contribution in [0.15, 0.2) is 22.7 Å². The summed E-state index contributed by atoms with van der Waals surface area (Å²) < 4.78 is 1.04. The summed E-state index contributed by atoms with van der Waals surface area (Å²) in [5.74, 6) is 0.286. The van der Waals surface area contributed by atoms with Gasteiger partial charge in [0.05, 0.1) is 17.3 Å². The molecular weight excluding hydrogens is 292 g/mol. The Hall–Kier alpha value is -1.03. The highest BCUT2D eigenvalue weighted by Crippen LogP contribution is 2.35. The molecule has 2 aliphatic rings. The maximum absolute atomic E-state index is 12.3. The summed E-state index contributed by atoms with van der Waals surface area (Å²) in [5.41, 5.74) is 1.93. The predicted octanol–water partition coefficient (Wildman–Crippen LogP) is 3.76. The monoisotopic (exact) mass is 308 g/mol. The Morgan fingerprint density at radius 2 is 1.94 bits per heavy atom. The van der Waals surface area contributed by atoms with Crippen molar-refractivity contribution in [1.29, 1.82) is 0 Å². The first-order valence-electron chi connectivity index (χ1n) is 6.61. The molecule has 18 heavy (non-hydrogen) atoms. The quantitative estimate of drug-likeness (QED) is 0.766. The molecule has 1 heterocycles. The highest BCUT2D eigenvalue weighted by molar-refractivity contribution is 9.10. The zero-order valence-electron chi connectivity index (χ0n) is 10.2. The lowest BCUT2D eigenvalue weighted by atomic mass is 9.94. The Kier molecular flexibility index (Phi) is 3.29. The van der Waals surface area contributed by atoms with Gasteiger partial charge in [0, 0.05) is 10.5 Å². The van der Waals surface area contributed by atoms with Crippen molar-refractivity contribution >= 4 is 33.2 Å². The second-order valence-corrected chi connectivity index (χ2v) is 6.09. The largest absolute Gasteiger partial charge is 0.380 e. The van der Waals surface area contributed by atoms with Gasteiger partial charge < -0.3 is 10.6 Å². The van der Waals surface area contributed by atoms with Crippen LogP contribution in [0.5, 0.6) is 0 Å². The van der Waals surface area contributed by atoms with Gasteiger partial charge in [0.1, 0.15) is 0 Å². The van der Waals surface area contributed by atoms with E-state index in [9.17, 15) is 4.79 Å². The smallest absolute Gasteiger partial charge is 0.229 e. The number of anilines is 2. The highest BCUT2D eigenvalue weighted by Gasteiger charge is 2.32. The fraction of sp³-hybridized carbons (Fsp3) is 0.500. The zero-order chi connectivity index (χ0) is 12.5. The number of hydrogen-bond acceptors (Lipinski definition) is 2. The SMILES string of the molecule is O=C1Nc2ccc(Br)cc2NC2CCCCCC12. The van der Waals surface area contributed by atoms with E-state index >= 15 is 0 Å². The van der Waals surface area contributed by atoms with Gasteiger partial charge in [0.2, 0.25) is 5.91 Å². The fourth-order valence-corrected chi connectivity index (χ4v) is 3.33. The van der Waals surface area contributed by atoms with Crippen LogP contribution in [0.2, 0.25) is 0 Å². The Balaban J connectivity index is 1.96. The van der Waals surface area contributed by atoms with Crippen molar-refractivity contribution in [2.24, 2.45) is 5.92 Å². The van der Waals surface area contributed by atoms with E-state index < -0.39 is 0 Å². The van der Waals surface area contributed by atoms with Gasteiger partial charge in [-0.05, 0) is 31.0 Å². The van der Waals surface area contributed by atoms with Gasteiger partial charge in [-0.2, -0.15) is 0 Å². The van der Waals surface area contributed by atoms with Gasteiger partial charge >= 0.3 is 0 Å². The van der Waals surface area contributed by atoms with E-state index in [0.29, 0.717) is 0 Å². The van der Waals surface area contributed by atoms with E-state index in [0.717, 1.165) is 35.1 Å². The lowest BCUT2D eigenvalue weighted by molar-refractivity contribution is -0.120. The summed E-state index contributed by atoms with van der Waals surface area (Å²) in [4.78, 5) is 12.3. The Bertz CT molecular complexity index is 475. The van der Waals surface area contributed by atoms with Crippen LogP contribution in [0.4, 0.5) is 11.4 Å². The molecule has 3 rings (SSSR count). The third-order valence-corrected chi connectivity index (χ3v) is 4.43. The minimum Gasteiger partial charge on any atom is -0.380 e. The van der Waals surface area contributed by atoms with E-state index in [1.54, 1.807) is 0 Å². The van der Waals surface area contributed by atoms with Crippen molar-refractivity contribution in [2.45, 2.75) is 38.1 Å². The van der Waals surface area contributed by atoms with Gasteiger partial charge in [-0.25, -0.2) is 0 Å². The van der Waals surface area contributed by atoms with Gasteiger partial charge in [-0.1, -0.05) is 35.2 Å². The molecule has 2 atom stereocenters. The minimum atomic E-state index is 0.110. The number of nitrogens with one attached hydrogen (secondary N) is 2. The molecule has 1 aliphatic heterocycles. The molecule has 0 bridgehead atoms. The molecule has 0 spiro atoms. The molecule has 1 aromatic rings. The number of benzene rings is 1. The number of rotatable bonds is 0. The molecule has 0 radical (unpaired) electrons. The standard InChI is InChI=1S/C14H17BrN2O/c15-9-6-7-12-13(8-9)16-11-5-3-1-2-4-10(11)14(18)17-12/h6-8,10-11,16H,1-5H2,(H,17,18). The number of carbonyl (C=O) groups excluding carboxylic acids is 1. The van der Waals surface area contributed by atoms with Crippen molar-refractivity contribution in [1.82, 2.24) is 0 Å². The second kappa shape index (κ2) is 4.92. The molecule has 1 amide bonds. The minimum absolute atomic E-state index is 0.110. The topological polar surface area (TPSA) is 41.1 Å². The molecule has 1 aliphatic carbocycles. The molecule has 4 heteroatoms. The summed E-state index contributed by atoms with van der Waals surface area (Å²) in [7, 11) is 0. The van der Waals surface area contributed by atoms with E-state index in [2.05, 4.69) is 26.6 Å². The lowest BCUT2D eigenvalue weighted by Gasteiger charge is -2.22. The van der Waals surface area contributed by atoms with Gasteiger partial charge in [-0.3, -0.25) is 4.79 Å². The Morgan fingerprint density at radius 1 is 1.11 bits per heavy atom. The molecule has 0 aromatic heterocycles. The molecule has 3 nitrogen and oxygen atoms in total. The van der Waals surface area contributed by atoms with E-state index in [-0.39, 0.29) is 17.9 Å². The van der Waals surface area contributed by atoms with Crippen LogP contribution in [0.1, 0.15) is 32.1 Å². The number of carbonyl (C=O) groups is 1. The first-order valence-corrected chi connectivity index (χ1v) is 7.40. The molecule has 2 unspecified atom stereocenters. The highest BCUT2D eigenvalue weighted by atomic mass is 79.9. The summed E-state index contributed by atoms with van der Waals surface area (Å²) in [6, 6.07) is 6.24. The molecule has 1 saturated carbocycles. The molecule has 1 fully saturated rings. The molecular formula is C14H17BrN2O. The Labute approximate surface area is 115 Å². The number of fused-ring (bicyclic) bond motifs is 2. The van der Waals surface area contributed by atoms with Crippen LogP contribution >= 0.6 is 15.9 Å². The maximum atomic E-state index is 12.3. The van der Waals surface area contributed by atoms with Crippen LogP contribution in [-0.4, -0.2) is 11.9 Å². The first kappa shape index (κ1) is 12.0. The Morgan fingerprint density at radius 3 is 2.83 bits per heavy atom. The third-order valence-electron chi connectivity index (χ3n) is 3.93. The summed E-state index contributed by atoms with van der Waals surface area (Å²) in [6.07, 6.45) is 5.71. The van der Waals surface area contributed by atoms with Crippen molar-refractivity contribution in [2.75, 3.05) is 10.6 Å². The average Bonchev–Trinajstić information content (AvgIpc) is 2.63. The maximum Gasteiger partial charge on any atom is 0.229 e. The average molecular weight is 309 g/mol. The van der Waals surface area contributed by atoms with Crippen LogP contribution in [-0.2, 0) is 4.79 Å². The summed E-state index contributed by atoms with van der Waals surface area (Å²) in [6.45, 7) is 0. The lowest BCUT2D eigenvalue weighted by Crippen LogP contribution is -2.34. The van der Waals surface area contributed by atoms with Gasteiger partial charge in [0.15, 0.2) is 0 Å². The van der Waals surface area contributed by atoms with Crippen LogP contribution in [0, 0.1) is 5.92 Å². The fourth-order valence-electron chi connectivity index (χ4n) is 2.96. The number of amides is 1. The summed E-state index contributed by atoms with van der Waals surface area (Å²) >= 11 is 3.48. The van der Waals surface area contributed by atoms with E-state index in [1.165, 1.54) is 12.8 Å². The predicted molar refractivity (Wildman–Crippen MR) is 76.8 cm³/mol. The zero-order valence-corrected chi connectivity index (χ0v) is 11.8. The van der Waals surface area contributed by atoms with Crippen molar-refractivity contribution in [3.8, 4) is 0 Å².